The number of hydrogen-bond acceptors (Lipinski definition) is 6. The Balaban J connectivity index is 1.55. The Labute approximate surface area is 144 Å². The molecule has 1 N–H and O–H groups in total. The van der Waals surface area contributed by atoms with E-state index in [-0.39, 0.29) is 5.63 Å². The highest BCUT2D eigenvalue weighted by Gasteiger charge is 2.30. The second-order valence-electron chi connectivity index (χ2n) is 6.28. The van der Waals surface area contributed by atoms with Gasteiger partial charge in [0.2, 0.25) is 0 Å². The third kappa shape index (κ3) is 3.02. The van der Waals surface area contributed by atoms with E-state index in [1.165, 1.54) is 25.7 Å². The van der Waals surface area contributed by atoms with E-state index in [1.807, 2.05) is 12.1 Å². The van der Waals surface area contributed by atoms with Crippen LogP contribution in [0.5, 0.6) is 5.75 Å². The van der Waals surface area contributed by atoms with E-state index in [9.17, 15) is 4.79 Å². The second-order valence-corrected chi connectivity index (χ2v) is 7.24. The van der Waals surface area contributed by atoms with Crippen LogP contribution in [0.25, 0.3) is 11.0 Å². The van der Waals surface area contributed by atoms with Crippen LogP contribution in [-0.4, -0.2) is 24.4 Å². The molecule has 24 heavy (non-hydrogen) atoms. The maximum Gasteiger partial charge on any atom is 0.336 e. The lowest BCUT2D eigenvalue weighted by Crippen LogP contribution is -2.36. The van der Waals surface area contributed by atoms with Crippen LogP contribution in [0, 0.1) is 0 Å². The number of ether oxygens (including phenoxy) is 1. The minimum absolute atomic E-state index is 0.332. The molecule has 1 aromatic carbocycles. The summed E-state index contributed by atoms with van der Waals surface area (Å²) < 4.78 is 10.5. The van der Waals surface area contributed by atoms with E-state index in [4.69, 9.17) is 14.1 Å². The smallest absolute Gasteiger partial charge is 0.336 e. The SMILES string of the molecule is COc1ccc2c(CSC3=N[C@@H]4CCCC[C@H]4N3)cc(=O)oc2c1. The molecule has 1 aliphatic carbocycles. The number of rotatable bonds is 3. The Morgan fingerprint density at radius 1 is 1.33 bits per heavy atom. The maximum atomic E-state index is 11.8. The first-order valence-corrected chi connectivity index (χ1v) is 9.29. The van der Waals surface area contributed by atoms with Crippen molar-refractivity contribution in [2.24, 2.45) is 4.99 Å². The molecular formula is C18H20N2O3S. The lowest BCUT2D eigenvalue weighted by molar-refractivity contribution is 0.385. The lowest BCUT2D eigenvalue weighted by Gasteiger charge is -2.23. The molecular weight excluding hydrogens is 324 g/mol. The monoisotopic (exact) mass is 344 g/mol. The van der Waals surface area contributed by atoms with Crippen molar-refractivity contribution in [2.75, 3.05) is 7.11 Å². The Morgan fingerprint density at radius 2 is 2.21 bits per heavy atom. The van der Waals surface area contributed by atoms with Gasteiger partial charge in [0.15, 0.2) is 5.17 Å². The Hall–Kier alpha value is -1.95. The Kier molecular flexibility index (Phi) is 4.22. The summed E-state index contributed by atoms with van der Waals surface area (Å²) in [5, 5.41) is 5.48. The van der Waals surface area contributed by atoms with Gasteiger partial charge in [-0.15, -0.1) is 0 Å². The summed E-state index contributed by atoms with van der Waals surface area (Å²) in [6.07, 6.45) is 4.94. The lowest BCUT2D eigenvalue weighted by atomic mass is 9.92. The number of aliphatic imine (C=N–C) groups is 1. The van der Waals surface area contributed by atoms with Crippen molar-refractivity contribution in [3.05, 3.63) is 40.2 Å². The van der Waals surface area contributed by atoms with Crippen LogP contribution in [0.1, 0.15) is 31.2 Å². The van der Waals surface area contributed by atoms with Crippen molar-refractivity contribution in [1.29, 1.82) is 0 Å². The molecule has 0 amide bonds. The molecule has 1 aliphatic heterocycles. The van der Waals surface area contributed by atoms with Gasteiger partial charge in [0.05, 0.1) is 19.2 Å². The molecule has 5 nitrogen and oxygen atoms in total. The average molecular weight is 344 g/mol. The van der Waals surface area contributed by atoms with Gasteiger partial charge in [0.25, 0.3) is 0 Å². The van der Waals surface area contributed by atoms with Gasteiger partial charge in [-0.1, -0.05) is 24.6 Å². The highest BCUT2D eigenvalue weighted by molar-refractivity contribution is 8.13. The van der Waals surface area contributed by atoms with Crippen LogP contribution in [0.15, 0.2) is 38.5 Å². The first kappa shape index (κ1) is 15.6. The van der Waals surface area contributed by atoms with Crippen molar-refractivity contribution in [2.45, 2.75) is 43.5 Å². The van der Waals surface area contributed by atoms with E-state index in [0.717, 1.165) is 16.1 Å². The first-order valence-electron chi connectivity index (χ1n) is 8.31. The molecule has 6 heteroatoms. The molecule has 126 valence electrons. The van der Waals surface area contributed by atoms with Gasteiger partial charge in [0, 0.05) is 23.3 Å². The third-order valence-electron chi connectivity index (χ3n) is 4.72. The summed E-state index contributed by atoms with van der Waals surface area (Å²) in [7, 11) is 1.60. The fraction of sp³-hybridized carbons (Fsp3) is 0.444. The van der Waals surface area contributed by atoms with E-state index in [0.29, 0.717) is 29.2 Å². The molecule has 2 aliphatic rings. The molecule has 0 saturated heterocycles. The van der Waals surface area contributed by atoms with Crippen LogP contribution in [0.4, 0.5) is 0 Å². The number of amidine groups is 1. The Morgan fingerprint density at radius 3 is 3.04 bits per heavy atom. The van der Waals surface area contributed by atoms with Crippen molar-refractivity contribution in [3.63, 3.8) is 0 Å². The van der Waals surface area contributed by atoms with Crippen LogP contribution >= 0.6 is 11.8 Å². The predicted molar refractivity (Wildman–Crippen MR) is 96.9 cm³/mol. The zero-order valence-electron chi connectivity index (χ0n) is 13.6. The first-order chi connectivity index (χ1) is 11.7. The number of methoxy groups -OCH3 is 1. The molecule has 2 aromatic rings. The molecule has 0 bridgehead atoms. The largest absolute Gasteiger partial charge is 0.497 e. The van der Waals surface area contributed by atoms with Gasteiger partial charge in [-0.2, -0.15) is 0 Å². The minimum atomic E-state index is -0.332. The van der Waals surface area contributed by atoms with E-state index < -0.39 is 0 Å². The van der Waals surface area contributed by atoms with Crippen molar-refractivity contribution < 1.29 is 9.15 Å². The van der Waals surface area contributed by atoms with E-state index >= 15 is 0 Å². The van der Waals surface area contributed by atoms with Crippen LogP contribution in [0.3, 0.4) is 0 Å². The molecule has 2 heterocycles. The summed E-state index contributed by atoms with van der Waals surface area (Å²) in [5.41, 5.74) is 1.20. The van der Waals surface area contributed by atoms with Gasteiger partial charge in [0.1, 0.15) is 11.3 Å². The molecule has 0 unspecified atom stereocenters. The van der Waals surface area contributed by atoms with Crippen molar-refractivity contribution >= 4 is 27.9 Å². The van der Waals surface area contributed by atoms with Crippen LogP contribution in [0.2, 0.25) is 0 Å². The average Bonchev–Trinajstić information content (AvgIpc) is 3.01. The van der Waals surface area contributed by atoms with E-state index in [2.05, 4.69) is 5.32 Å². The van der Waals surface area contributed by atoms with Gasteiger partial charge in [-0.25, -0.2) is 4.79 Å². The predicted octanol–water partition coefficient (Wildman–Crippen LogP) is 3.31. The second kappa shape index (κ2) is 6.51. The quantitative estimate of drug-likeness (QED) is 0.866. The zero-order valence-corrected chi connectivity index (χ0v) is 14.4. The fourth-order valence-corrected chi connectivity index (χ4v) is 4.44. The summed E-state index contributed by atoms with van der Waals surface area (Å²) in [5.74, 6) is 1.38. The number of nitrogens with zero attached hydrogens (tertiary/aromatic N) is 1. The zero-order chi connectivity index (χ0) is 16.5. The summed E-state index contributed by atoms with van der Waals surface area (Å²) >= 11 is 1.66. The molecule has 0 radical (unpaired) electrons. The normalized spacial score (nSPS) is 22.8. The topological polar surface area (TPSA) is 63.8 Å². The standard InChI is InChI=1S/C18H20N2O3S/c1-22-12-6-7-13-11(8-17(21)23-16(13)9-12)10-24-18-19-14-4-2-3-5-15(14)20-18/h6-9,14-15H,2-5,10H2,1H3,(H,19,20)/t14-,15-/m1/s1. The van der Waals surface area contributed by atoms with Gasteiger partial charge >= 0.3 is 5.63 Å². The molecule has 1 saturated carbocycles. The van der Waals surface area contributed by atoms with Crippen molar-refractivity contribution in [1.82, 2.24) is 5.32 Å². The van der Waals surface area contributed by atoms with Gasteiger partial charge < -0.3 is 14.5 Å². The third-order valence-corrected chi connectivity index (χ3v) is 5.68. The highest BCUT2D eigenvalue weighted by Crippen LogP contribution is 2.29. The molecule has 2 atom stereocenters. The van der Waals surface area contributed by atoms with E-state index in [1.54, 1.807) is 31.0 Å². The molecule has 1 aromatic heterocycles. The molecule has 0 spiro atoms. The fourth-order valence-electron chi connectivity index (χ4n) is 3.46. The number of fused-ring (bicyclic) bond motifs is 2. The van der Waals surface area contributed by atoms with Gasteiger partial charge in [-0.3, -0.25) is 4.99 Å². The van der Waals surface area contributed by atoms with Gasteiger partial charge in [-0.05, 0) is 30.5 Å². The van der Waals surface area contributed by atoms with Crippen molar-refractivity contribution in [3.8, 4) is 5.75 Å². The number of hydrogen-bond donors (Lipinski definition) is 1. The Bertz CT molecular complexity index is 846. The minimum Gasteiger partial charge on any atom is -0.497 e. The van der Waals surface area contributed by atoms with Crippen LogP contribution in [-0.2, 0) is 5.75 Å². The molecule has 4 rings (SSSR count). The number of benzene rings is 1. The van der Waals surface area contributed by atoms with Crippen LogP contribution < -0.4 is 15.7 Å². The summed E-state index contributed by atoms with van der Waals surface area (Å²) in [4.78, 5) is 16.6. The highest BCUT2D eigenvalue weighted by atomic mass is 32.2. The maximum absolute atomic E-state index is 11.8. The number of nitrogens with one attached hydrogen (secondary N) is 1. The molecule has 1 fully saturated rings. The summed E-state index contributed by atoms with van der Waals surface area (Å²) in [6, 6.07) is 8.09. The summed E-state index contributed by atoms with van der Waals surface area (Å²) in [6.45, 7) is 0. The number of thioether (sulfide) groups is 1.